The van der Waals surface area contributed by atoms with Gasteiger partial charge in [0, 0.05) is 6.42 Å². The Morgan fingerprint density at radius 3 is 2.31 bits per heavy atom. The zero-order valence-corrected chi connectivity index (χ0v) is 7.34. The highest BCUT2D eigenvalue weighted by Gasteiger charge is 2.47. The van der Waals surface area contributed by atoms with Crippen molar-refractivity contribution < 1.29 is 25.2 Å². The van der Waals surface area contributed by atoms with Gasteiger partial charge in [0.15, 0.2) is 5.60 Å². The third-order valence-corrected chi connectivity index (χ3v) is 2.58. The molecule has 0 bridgehead atoms. The van der Waals surface area contributed by atoms with Crippen molar-refractivity contribution >= 4 is 5.97 Å². The Bertz CT molecular complexity index is 203. The van der Waals surface area contributed by atoms with Crippen LogP contribution in [-0.2, 0) is 4.79 Å². The Hall–Kier alpha value is -0.650. The van der Waals surface area contributed by atoms with Crippen molar-refractivity contribution in [1.82, 2.24) is 0 Å². The summed E-state index contributed by atoms with van der Waals surface area (Å²) < 4.78 is 0. The Morgan fingerprint density at radius 2 is 1.92 bits per heavy atom. The fourth-order valence-electron chi connectivity index (χ4n) is 1.76. The number of rotatable bonds is 1. The minimum absolute atomic E-state index is 0.0272. The van der Waals surface area contributed by atoms with Gasteiger partial charge in [0.2, 0.25) is 0 Å². The van der Waals surface area contributed by atoms with Crippen LogP contribution < -0.4 is 0 Å². The summed E-state index contributed by atoms with van der Waals surface area (Å²) in [5, 5.41) is 36.8. The van der Waals surface area contributed by atoms with Gasteiger partial charge in [-0.2, -0.15) is 0 Å². The maximum Gasteiger partial charge on any atom is 0.335 e. The molecule has 0 aromatic rings. The van der Waals surface area contributed by atoms with Crippen molar-refractivity contribution in [2.75, 3.05) is 0 Å². The minimum atomic E-state index is -1.89. The van der Waals surface area contributed by atoms with E-state index < -0.39 is 29.7 Å². The summed E-state index contributed by atoms with van der Waals surface area (Å²) in [6.45, 7) is 1.60. The van der Waals surface area contributed by atoms with Crippen molar-refractivity contribution in [3.05, 3.63) is 0 Å². The molecule has 1 rings (SSSR count). The average molecular weight is 190 g/mol. The molecule has 0 saturated heterocycles. The van der Waals surface area contributed by atoms with Crippen LogP contribution in [-0.4, -0.2) is 44.2 Å². The molecule has 0 unspecified atom stereocenters. The lowest BCUT2D eigenvalue weighted by Gasteiger charge is -2.38. The number of carboxylic acid groups (broad SMARTS) is 1. The number of carbonyl (C=O) groups is 1. The van der Waals surface area contributed by atoms with E-state index in [1.54, 1.807) is 6.92 Å². The van der Waals surface area contributed by atoms with Crippen LogP contribution in [0.5, 0.6) is 0 Å². The molecule has 4 atom stereocenters. The number of hydrogen-bond donors (Lipinski definition) is 4. The molecule has 0 heterocycles. The summed E-state index contributed by atoms with van der Waals surface area (Å²) in [6.07, 6.45) is -2.45. The van der Waals surface area contributed by atoms with Gasteiger partial charge in [-0.3, -0.25) is 0 Å². The lowest BCUT2D eigenvalue weighted by molar-refractivity contribution is -0.177. The van der Waals surface area contributed by atoms with Crippen LogP contribution in [0.2, 0.25) is 0 Å². The van der Waals surface area contributed by atoms with E-state index in [0.29, 0.717) is 0 Å². The number of carboxylic acids is 1. The first kappa shape index (κ1) is 10.4. The Labute approximate surface area is 75.6 Å². The molecule has 0 aromatic carbocycles. The van der Waals surface area contributed by atoms with Crippen molar-refractivity contribution in [1.29, 1.82) is 0 Å². The molecule has 0 radical (unpaired) electrons. The van der Waals surface area contributed by atoms with E-state index in [4.69, 9.17) is 5.11 Å². The molecule has 0 aliphatic heterocycles. The topological polar surface area (TPSA) is 98.0 Å². The van der Waals surface area contributed by atoms with Gasteiger partial charge in [0.25, 0.3) is 0 Å². The summed E-state index contributed by atoms with van der Waals surface area (Å²) >= 11 is 0. The molecule has 1 fully saturated rings. The molecule has 0 spiro atoms. The second kappa shape index (κ2) is 3.25. The van der Waals surface area contributed by atoms with E-state index in [1.165, 1.54) is 0 Å². The fourth-order valence-corrected chi connectivity index (χ4v) is 1.76. The summed E-state index contributed by atoms with van der Waals surface area (Å²) in [4.78, 5) is 10.6. The first-order valence-electron chi connectivity index (χ1n) is 4.19. The highest BCUT2D eigenvalue weighted by atomic mass is 16.4. The molecule has 1 aliphatic carbocycles. The van der Waals surface area contributed by atoms with E-state index in [1.807, 2.05) is 0 Å². The molecule has 0 aromatic heterocycles. The van der Waals surface area contributed by atoms with Gasteiger partial charge >= 0.3 is 5.97 Å². The lowest BCUT2D eigenvalue weighted by Crippen LogP contribution is -2.53. The largest absolute Gasteiger partial charge is 0.479 e. The molecular formula is C8H14O5. The first-order chi connectivity index (χ1) is 5.87. The Kier molecular flexibility index (Phi) is 2.61. The Morgan fingerprint density at radius 1 is 1.38 bits per heavy atom. The lowest BCUT2D eigenvalue weighted by atomic mass is 9.75. The van der Waals surface area contributed by atoms with Crippen LogP contribution in [0.4, 0.5) is 0 Å². The van der Waals surface area contributed by atoms with Gasteiger partial charge in [-0.15, -0.1) is 0 Å². The van der Waals surface area contributed by atoms with Crippen molar-refractivity contribution in [2.45, 2.75) is 37.6 Å². The molecule has 0 amide bonds. The second-order valence-corrected chi connectivity index (χ2v) is 3.78. The third kappa shape index (κ3) is 1.82. The fraction of sp³-hybridized carbons (Fsp3) is 0.875. The second-order valence-electron chi connectivity index (χ2n) is 3.78. The number of aliphatic hydroxyl groups excluding tert-OH is 2. The number of hydrogen-bond acceptors (Lipinski definition) is 4. The van der Waals surface area contributed by atoms with E-state index >= 15 is 0 Å². The standard InChI is InChI=1S/C8H14O5/c1-4-2-8(13,7(11)12)3-5(9)6(4)10/h4-6,9-10,13H,2-3H2,1H3,(H,11,12)/t4-,5-,6+,8-/m0/s1. The van der Waals surface area contributed by atoms with E-state index in [2.05, 4.69) is 0 Å². The van der Waals surface area contributed by atoms with E-state index in [-0.39, 0.29) is 12.8 Å². The van der Waals surface area contributed by atoms with Crippen molar-refractivity contribution in [2.24, 2.45) is 5.92 Å². The van der Waals surface area contributed by atoms with Gasteiger partial charge < -0.3 is 20.4 Å². The van der Waals surface area contributed by atoms with Crippen molar-refractivity contribution in [3.8, 4) is 0 Å². The summed E-state index contributed by atoms with van der Waals surface area (Å²) in [7, 11) is 0. The SMILES string of the molecule is C[C@H]1C[C@@](O)(C(=O)O)C[C@H](O)[C@@H]1O. The number of aliphatic hydroxyl groups is 3. The normalized spacial score (nSPS) is 46.0. The van der Waals surface area contributed by atoms with Crippen molar-refractivity contribution in [3.63, 3.8) is 0 Å². The third-order valence-electron chi connectivity index (χ3n) is 2.58. The maximum atomic E-state index is 10.6. The predicted octanol–water partition coefficient (Wildman–Crippen LogP) is -1.05. The molecular weight excluding hydrogens is 176 g/mol. The molecule has 5 nitrogen and oxygen atoms in total. The molecule has 76 valence electrons. The smallest absolute Gasteiger partial charge is 0.335 e. The maximum absolute atomic E-state index is 10.6. The van der Waals surface area contributed by atoms with Crippen LogP contribution in [0, 0.1) is 5.92 Å². The highest BCUT2D eigenvalue weighted by Crippen LogP contribution is 2.32. The quantitative estimate of drug-likeness (QED) is 0.423. The first-order valence-corrected chi connectivity index (χ1v) is 4.19. The van der Waals surface area contributed by atoms with Gasteiger partial charge in [0.1, 0.15) is 0 Å². The highest BCUT2D eigenvalue weighted by molar-refractivity contribution is 5.77. The van der Waals surface area contributed by atoms with E-state index in [0.717, 1.165) is 0 Å². The van der Waals surface area contributed by atoms with Crippen LogP contribution in [0.1, 0.15) is 19.8 Å². The molecule has 13 heavy (non-hydrogen) atoms. The zero-order chi connectivity index (χ0) is 10.2. The Balaban J connectivity index is 2.79. The van der Waals surface area contributed by atoms with Gasteiger partial charge in [-0.05, 0) is 12.3 Å². The van der Waals surface area contributed by atoms with Crippen LogP contribution in [0.3, 0.4) is 0 Å². The minimum Gasteiger partial charge on any atom is -0.479 e. The molecule has 4 N–H and O–H groups in total. The van der Waals surface area contributed by atoms with E-state index in [9.17, 15) is 20.1 Å². The van der Waals surface area contributed by atoms with Gasteiger partial charge in [-0.25, -0.2) is 4.79 Å². The molecule has 1 saturated carbocycles. The van der Waals surface area contributed by atoms with Gasteiger partial charge in [0.05, 0.1) is 12.2 Å². The van der Waals surface area contributed by atoms with Crippen LogP contribution in [0.15, 0.2) is 0 Å². The summed E-state index contributed by atoms with van der Waals surface area (Å²) in [5.41, 5.74) is -1.89. The molecule has 5 heteroatoms. The van der Waals surface area contributed by atoms with Crippen LogP contribution in [0.25, 0.3) is 0 Å². The predicted molar refractivity (Wildman–Crippen MR) is 43.0 cm³/mol. The number of aliphatic carboxylic acids is 1. The van der Waals surface area contributed by atoms with Gasteiger partial charge in [-0.1, -0.05) is 6.92 Å². The average Bonchev–Trinajstić information content (AvgIpc) is 2.00. The summed E-state index contributed by atoms with van der Waals surface area (Å²) in [6, 6.07) is 0. The zero-order valence-electron chi connectivity index (χ0n) is 7.34. The monoisotopic (exact) mass is 190 g/mol. The summed E-state index contributed by atoms with van der Waals surface area (Å²) in [5.74, 6) is -1.75. The molecule has 1 aliphatic rings. The van der Waals surface area contributed by atoms with Crippen LogP contribution >= 0.6 is 0 Å².